The quantitative estimate of drug-likeness (QED) is 0.847. The zero-order valence-corrected chi connectivity index (χ0v) is 11.9. The zero-order valence-electron chi connectivity index (χ0n) is 11.1. The lowest BCUT2D eigenvalue weighted by Crippen LogP contribution is -2.40. The van der Waals surface area contributed by atoms with Crippen molar-refractivity contribution in [2.24, 2.45) is 0 Å². The molecule has 1 aromatic carbocycles. The minimum atomic E-state index is -3.31. The van der Waals surface area contributed by atoms with Gasteiger partial charge in [-0.3, -0.25) is 4.79 Å². The minimum absolute atomic E-state index is 0.0226. The second kappa shape index (κ2) is 5.84. The average Bonchev–Trinajstić information content (AvgIpc) is 2.39. The van der Waals surface area contributed by atoms with Crippen LogP contribution in [0.1, 0.15) is 31.2 Å². The highest BCUT2D eigenvalue weighted by atomic mass is 32.2. The van der Waals surface area contributed by atoms with Crippen LogP contribution in [-0.4, -0.2) is 31.6 Å². The van der Waals surface area contributed by atoms with Gasteiger partial charge in [0.25, 0.3) is 0 Å². The van der Waals surface area contributed by atoms with Crippen LogP contribution in [0.4, 0.5) is 0 Å². The van der Waals surface area contributed by atoms with Crippen molar-refractivity contribution < 1.29 is 13.2 Å². The van der Waals surface area contributed by atoms with Crippen LogP contribution in [0.5, 0.6) is 0 Å². The summed E-state index contributed by atoms with van der Waals surface area (Å²) in [4.78, 5) is 11.2. The molecule has 1 aliphatic rings. The Labute approximate surface area is 114 Å². The van der Waals surface area contributed by atoms with Crippen LogP contribution in [0.15, 0.2) is 30.3 Å². The fraction of sp³-hybridized carbons (Fsp3) is 0.500. The third-order valence-corrected chi connectivity index (χ3v) is 5.53. The Hall–Kier alpha value is -1.20. The first-order chi connectivity index (χ1) is 8.99. The van der Waals surface area contributed by atoms with Crippen LogP contribution in [0.3, 0.4) is 0 Å². The minimum Gasteiger partial charge on any atom is -0.300 e. The first kappa shape index (κ1) is 14.2. The van der Waals surface area contributed by atoms with Gasteiger partial charge >= 0.3 is 0 Å². The average molecular weight is 281 g/mol. The van der Waals surface area contributed by atoms with E-state index in [2.05, 4.69) is 0 Å². The van der Waals surface area contributed by atoms with Crippen molar-refractivity contribution in [2.75, 3.05) is 7.05 Å². The lowest BCUT2D eigenvalue weighted by atomic mass is 9.95. The molecule has 2 rings (SSSR count). The van der Waals surface area contributed by atoms with Gasteiger partial charge < -0.3 is 0 Å². The summed E-state index contributed by atoms with van der Waals surface area (Å²) in [5.41, 5.74) is 0.793. The third kappa shape index (κ3) is 3.64. The number of ketones is 1. The number of rotatable bonds is 4. The van der Waals surface area contributed by atoms with Gasteiger partial charge in [0.05, 0.1) is 5.75 Å². The molecule has 0 aromatic heterocycles. The van der Waals surface area contributed by atoms with E-state index in [1.165, 1.54) is 4.31 Å². The van der Waals surface area contributed by atoms with Gasteiger partial charge in [0.1, 0.15) is 5.78 Å². The van der Waals surface area contributed by atoms with Crippen molar-refractivity contribution in [1.82, 2.24) is 4.31 Å². The summed E-state index contributed by atoms with van der Waals surface area (Å²) in [6.07, 6.45) is 2.28. The van der Waals surface area contributed by atoms with Crippen LogP contribution in [-0.2, 0) is 20.6 Å². The maximum Gasteiger partial charge on any atom is 0.218 e. The number of Topliss-reactive ketones (excluding diaryl/α,β-unsaturated/α-hetero) is 1. The Kier molecular flexibility index (Phi) is 4.37. The zero-order chi connectivity index (χ0) is 13.9. The Morgan fingerprint density at radius 1 is 1.16 bits per heavy atom. The highest BCUT2D eigenvalue weighted by molar-refractivity contribution is 7.88. The highest BCUT2D eigenvalue weighted by Crippen LogP contribution is 2.23. The molecule has 4 nitrogen and oxygen atoms in total. The second-order valence-corrected chi connectivity index (χ2v) is 7.06. The molecule has 0 bridgehead atoms. The largest absolute Gasteiger partial charge is 0.300 e. The lowest BCUT2D eigenvalue weighted by Gasteiger charge is -2.29. The van der Waals surface area contributed by atoms with Crippen LogP contribution in [0, 0.1) is 0 Å². The molecule has 0 atom stereocenters. The van der Waals surface area contributed by atoms with E-state index in [0.717, 1.165) is 5.56 Å². The van der Waals surface area contributed by atoms with Crippen LogP contribution in [0.25, 0.3) is 0 Å². The van der Waals surface area contributed by atoms with E-state index < -0.39 is 10.0 Å². The molecule has 1 aliphatic carbocycles. The topological polar surface area (TPSA) is 54.5 Å². The first-order valence-electron chi connectivity index (χ1n) is 6.50. The van der Waals surface area contributed by atoms with Gasteiger partial charge in [0, 0.05) is 25.9 Å². The van der Waals surface area contributed by atoms with Gasteiger partial charge in [-0.1, -0.05) is 30.3 Å². The Balaban J connectivity index is 2.05. The Morgan fingerprint density at radius 3 is 2.32 bits per heavy atom. The van der Waals surface area contributed by atoms with Crippen molar-refractivity contribution in [2.45, 2.75) is 37.5 Å². The number of nitrogens with zero attached hydrogens (tertiary/aromatic N) is 1. The van der Waals surface area contributed by atoms with E-state index in [-0.39, 0.29) is 17.6 Å². The molecular formula is C14H19NO3S. The van der Waals surface area contributed by atoms with Crippen LogP contribution >= 0.6 is 0 Å². The molecule has 0 amide bonds. The maximum absolute atomic E-state index is 12.3. The van der Waals surface area contributed by atoms with Crippen molar-refractivity contribution in [3.63, 3.8) is 0 Å². The highest BCUT2D eigenvalue weighted by Gasteiger charge is 2.29. The molecule has 104 valence electrons. The van der Waals surface area contributed by atoms with Gasteiger partial charge in [-0.15, -0.1) is 0 Å². The Morgan fingerprint density at radius 2 is 1.74 bits per heavy atom. The summed E-state index contributed by atoms with van der Waals surface area (Å²) in [5, 5.41) is 0. The second-order valence-electron chi connectivity index (χ2n) is 5.03. The molecule has 0 unspecified atom stereocenters. The molecule has 5 heteroatoms. The van der Waals surface area contributed by atoms with E-state index >= 15 is 0 Å². The number of hydrogen-bond acceptors (Lipinski definition) is 3. The van der Waals surface area contributed by atoms with E-state index in [4.69, 9.17) is 0 Å². The fourth-order valence-electron chi connectivity index (χ4n) is 2.40. The molecule has 0 radical (unpaired) electrons. The van der Waals surface area contributed by atoms with Gasteiger partial charge in [-0.2, -0.15) is 0 Å². The number of benzene rings is 1. The molecule has 1 saturated carbocycles. The molecular weight excluding hydrogens is 262 g/mol. The number of carbonyl (C=O) groups excluding carboxylic acids is 1. The summed E-state index contributed by atoms with van der Waals surface area (Å²) in [5.74, 6) is 0.263. The molecule has 19 heavy (non-hydrogen) atoms. The number of carbonyl (C=O) groups is 1. The monoisotopic (exact) mass is 281 g/mol. The predicted octanol–water partition coefficient (Wildman–Crippen LogP) is 1.96. The van der Waals surface area contributed by atoms with Gasteiger partial charge in [-0.05, 0) is 18.4 Å². The lowest BCUT2D eigenvalue weighted by molar-refractivity contribution is -0.120. The van der Waals surface area contributed by atoms with E-state index in [1.54, 1.807) is 7.05 Å². The van der Waals surface area contributed by atoms with Crippen molar-refractivity contribution in [3.05, 3.63) is 35.9 Å². The number of sulfonamides is 1. The molecule has 0 spiro atoms. The third-order valence-electron chi connectivity index (χ3n) is 3.66. The summed E-state index contributed by atoms with van der Waals surface area (Å²) >= 11 is 0. The molecule has 1 aromatic rings. The van der Waals surface area contributed by atoms with Crippen molar-refractivity contribution in [3.8, 4) is 0 Å². The summed E-state index contributed by atoms with van der Waals surface area (Å²) in [7, 11) is -1.68. The molecule has 0 saturated heterocycles. The van der Waals surface area contributed by atoms with Crippen molar-refractivity contribution in [1.29, 1.82) is 0 Å². The smallest absolute Gasteiger partial charge is 0.218 e. The van der Waals surface area contributed by atoms with Gasteiger partial charge in [-0.25, -0.2) is 12.7 Å². The maximum atomic E-state index is 12.3. The standard InChI is InChI=1S/C14H19NO3S/c1-15(13-7-9-14(16)10-8-13)19(17,18)11-12-5-3-2-4-6-12/h2-6,13H,7-11H2,1H3. The summed E-state index contributed by atoms with van der Waals surface area (Å²) in [6, 6.07) is 9.14. The van der Waals surface area contributed by atoms with Gasteiger partial charge in [0.15, 0.2) is 0 Å². The predicted molar refractivity (Wildman–Crippen MR) is 74.1 cm³/mol. The fourth-order valence-corrected chi connectivity index (χ4v) is 3.88. The molecule has 0 aliphatic heterocycles. The van der Waals surface area contributed by atoms with E-state index in [1.807, 2.05) is 30.3 Å². The SMILES string of the molecule is CN(C1CCC(=O)CC1)S(=O)(=O)Cc1ccccc1. The van der Waals surface area contributed by atoms with Crippen molar-refractivity contribution >= 4 is 15.8 Å². The molecule has 1 fully saturated rings. The Bertz CT molecular complexity index is 529. The summed E-state index contributed by atoms with van der Waals surface area (Å²) < 4.78 is 26.1. The number of hydrogen-bond donors (Lipinski definition) is 0. The van der Waals surface area contributed by atoms with E-state index in [9.17, 15) is 13.2 Å². The molecule has 0 heterocycles. The van der Waals surface area contributed by atoms with Crippen LogP contribution < -0.4 is 0 Å². The van der Waals surface area contributed by atoms with Gasteiger partial charge in [0.2, 0.25) is 10.0 Å². The molecule has 0 N–H and O–H groups in total. The summed E-state index contributed by atoms with van der Waals surface area (Å²) in [6.45, 7) is 0. The van der Waals surface area contributed by atoms with E-state index in [0.29, 0.717) is 25.7 Å². The van der Waals surface area contributed by atoms with Crippen LogP contribution in [0.2, 0.25) is 0 Å². The first-order valence-corrected chi connectivity index (χ1v) is 8.11. The normalized spacial score (nSPS) is 17.9.